The largest absolute Gasteiger partial charge is 0.508 e. The van der Waals surface area contributed by atoms with Gasteiger partial charge in [-0.05, 0) is 12.8 Å². The van der Waals surface area contributed by atoms with Gasteiger partial charge in [0, 0.05) is 0 Å². The molecule has 27 heavy (non-hydrogen) atoms. The van der Waals surface area contributed by atoms with Crippen LogP contribution in [-0.4, -0.2) is 62.2 Å². The molecule has 0 fully saturated rings. The Morgan fingerprint density at radius 1 is 0.704 bits per heavy atom. The Morgan fingerprint density at radius 3 is 1.30 bits per heavy atom. The summed E-state index contributed by atoms with van der Waals surface area (Å²) in [4.78, 5) is 23.0. The lowest BCUT2D eigenvalue weighted by atomic mass is 10.5. The van der Waals surface area contributed by atoms with Crippen molar-refractivity contribution in [3.05, 3.63) is 0 Å². The van der Waals surface area contributed by atoms with Gasteiger partial charge in [-0.3, -0.25) is 0 Å². The smallest absolute Gasteiger partial charge is 0.432 e. The minimum absolute atomic E-state index is 0.0497. The first-order chi connectivity index (χ1) is 12.4. The van der Waals surface area contributed by atoms with E-state index in [9.17, 15) is 9.59 Å². The van der Waals surface area contributed by atoms with Gasteiger partial charge in [-0.15, -0.1) is 66.5 Å². The summed E-state index contributed by atoms with van der Waals surface area (Å²) < 4.78 is 24.6. The molecule has 160 valence electrons. The molecule has 15 heteroatoms. The lowest BCUT2D eigenvalue weighted by Gasteiger charge is -2.20. The average Bonchev–Trinajstić information content (AvgIpc) is 2.54. The first-order valence-electron chi connectivity index (χ1n) is 7.79. The Bertz CT molecular complexity index is 421. The molecule has 0 aromatic carbocycles. The number of carbonyl (C=O) groups is 2. The standard InChI is InChI=1S/C12H20Cl6O7Si2/c1-3-9(26(13,14)15)24-11(19)22-7-5-21-6-8-23-12(20)25-10(4-2)27(16,17)18/h9-10H,3-8H2,1-2H3. The van der Waals surface area contributed by atoms with Crippen LogP contribution in [0.3, 0.4) is 0 Å². The molecule has 0 aliphatic heterocycles. The highest BCUT2D eigenvalue weighted by atomic mass is 35.8. The number of ether oxygens (including phenoxy) is 5. The lowest BCUT2D eigenvalue weighted by Crippen LogP contribution is -2.36. The highest BCUT2D eigenvalue weighted by Gasteiger charge is 2.40. The zero-order valence-electron chi connectivity index (χ0n) is 14.5. The van der Waals surface area contributed by atoms with E-state index in [1.165, 1.54) is 0 Å². The Kier molecular flexibility index (Phi) is 14.2. The minimum Gasteiger partial charge on any atom is -0.432 e. The third-order valence-electron chi connectivity index (χ3n) is 2.84. The molecule has 0 spiro atoms. The van der Waals surface area contributed by atoms with Gasteiger partial charge in [0.1, 0.15) is 24.7 Å². The van der Waals surface area contributed by atoms with Gasteiger partial charge in [0.15, 0.2) is 0 Å². The Morgan fingerprint density at radius 2 is 1.04 bits per heavy atom. The molecule has 0 aromatic heterocycles. The molecule has 0 bridgehead atoms. The molecule has 0 rings (SSSR count). The summed E-state index contributed by atoms with van der Waals surface area (Å²) in [6, 6.07) is -6.34. The fraction of sp³-hybridized carbons (Fsp3) is 0.833. The van der Waals surface area contributed by atoms with E-state index in [1.54, 1.807) is 13.8 Å². The zero-order valence-corrected chi connectivity index (χ0v) is 21.1. The second-order valence-electron chi connectivity index (χ2n) is 4.92. The van der Waals surface area contributed by atoms with E-state index < -0.39 is 35.8 Å². The summed E-state index contributed by atoms with van der Waals surface area (Å²) in [6.07, 6.45) is -1.18. The second-order valence-corrected chi connectivity index (χ2v) is 22.6. The molecule has 0 aromatic rings. The van der Waals surface area contributed by atoms with Gasteiger partial charge in [0.25, 0.3) is 0 Å². The molecule has 7 nitrogen and oxygen atoms in total. The van der Waals surface area contributed by atoms with E-state index in [2.05, 4.69) is 0 Å². The summed E-state index contributed by atoms with van der Waals surface area (Å²) >= 11 is 34.8. The lowest BCUT2D eigenvalue weighted by molar-refractivity contribution is 0.000171. The molecule has 2 atom stereocenters. The first kappa shape index (κ1) is 27.7. The average molecular weight is 545 g/mol. The van der Waals surface area contributed by atoms with Crippen molar-refractivity contribution in [1.29, 1.82) is 0 Å². The molecule has 0 amide bonds. The van der Waals surface area contributed by atoms with Gasteiger partial charge >= 0.3 is 24.3 Å². The number of carbonyl (C=O) groups excluding carboxylic acids is 2. The third-order valence-corrected chi connectivity index (χ3v) is 9.74. The van der Waals surface area contributed by atoms with Crippen molar-refractivity contribution in [2.24, 2.45) is 0 Å². The number of rotatable bonds is 12. The van der Waals surface area contributed by atoms with E-state index in [0.717, 1.165) is 0 Å². The van der Waals surface area contributed by atoms with Crippen molar-refractivity contribution in [3.8, 4) is 0 Å². The quantitative estimate of drug-likeness (QED) is 0.143. The highest BCUT2D eigenvalue weighted by Crippen LogP contribution is 2.29. The van der Waals surface area contributed by atoms with Crippen LogP contribution >= 0.6 is 66.5 Å². The number of hydrogen-bond acceptors (Lipinski definition) is 7. The van der Waals surface area contributed by atoms with Crippen LogP contribution in [0.4, 0.5) is 9.59 Å². The number of halogens is 6. The van der Waals surface area contributed by atoms with Crippen molar-refractivity contribution < 1.29 is 33.3 Å². The van der Waals surface area contributed by atoms with Gasteiger partial charge in [0.05, 0.1) is 13.2 Å². The van der Waals surface area contributed by atoms with E-state index in [0.29, 0.717) is 12.8 Å². The molecule has 0 aliphatic rings. The maximum absolute atomic E-state index is 11.5. The molecule has 0 radical (unpaired) electrons. The van der Waals surface area contributed by atoms with E-state index >= 15 is 0 Å². The predicted octanol–water partition coefficient (Wildman–Crippen LogP) is 5.26. The van der Waals surface area contributed by atoms with Crippen molar-refractivity contribution in [2.75, 3.05) is 26.4 Å². The minimum atomic E-state index is -3.17. The predicted molar refractivity (Wildman–Crippen MR) is 110 cm³/mol. The van der Waals surface area contributed by atoms with Crippen LogP contribution in [0.1, 0.15) is 26.7 Å². The molecular weight excluding hydrogens is 525 g/mol. The van der Waals surface area contributed by atoms with Crippen LogP contribution in [0.2, 0.25) is 0 Å². The van der Waals surface area contributed by atoms with Gasteiger partial charge in [-0.2, -0.15) is 0 Å². The zero-order chi connectivity index (χ0) is 21.1. The Balaban J connectivity index is 3.83. The molecular formula is C12H20Cl6O7Si2. The van der Waals surface area contributed by atoms with E-state index in [-0.39, 0.29) is 26.4 Å². The molecule has 0 saturated carbocycles. The number of hydrogen-bond donors (Lipinski definition) is 0. The SMILES string of the molecule is CCC(OC(=O)OCCOCCOC(=O)OC(CC)[Si](Cl)(Cl)Cl)[Si](Cl)(Cl)Cl. The van der Waals surface area contributed by atoms with Crippen LogP contribution in [0.5, 0.6) is 0 Å². The van der Waals surface area contributed by atoms with Crippen molar-refractivity contribution in [3.63, 3.8) is 0 Å². The van der Waals surface area contributed by atoms with Crippen LogP contribution in [0.25, 0.3) is 0 Å². The van der Waals surface area contributed by atoms with Gasteiger partial charge in [-0.1, -0.05) is 13.8 Å². The fourth-order valence-electron chi connectivity index (χ4n) is 1.53. The Hall–Kier alpha value is 0.674. The van der Waals surface area contributed by atoms with Gasteiger partial charge < -0.3 is 23.7 Å². The second kappa shape index (κ2) is 13.8. The van der Waals surface area contributed by atoms with Gasteiger partial charge in [-0.25, -0.2) is 9.59 Å². The maximum Gasteiger partial charge on any atom is 0.508 e. The van der Waals surface area contributed by atoms with Crippen molar-refractivity contribution in [2.45, 2.75) is 38.1 Å². The monoisotopic (exact) mass is 542 g/mol. The molecule has 2 unspecified atom stereocenters. The highest BCUT2D eigenvalue weighted by molar-refractivity contribution is 7.65. The summed E-state index contributed by atoms with van der Waals surface area (Å²) in [5.74, 6) is 0. The van der Waals surface area contributed by atoms with Crippen LogP contribution in [0.15, 0.2) is 0 Å². The summed E-state index contributed by atoms with van der Waals surface area (Å²) in [5, 5.41) is 0. The molecule has 0 N–H and O–H groups in total. The maximum atomic E-state index is 11.5. The van der Waals surface area contributed by atoms with Crippen molar-refractivity contribution >= 4 is 90.8 Å². The first-order valence-corrected chi connectivity index (χ1v) is 18.0. The molecule has 0 saturated heterocycles. The normalized spacial score (nSPS) is 14.2. The van der Waals surface area contributed by atoms with Crippen molar-refractivity contribution in [1.82, 2.24) is 0 Å². The van der Waals surface area contributed by atoms with Crippen LogP contribution in [-0.2, 0) is 23.7 Å². The van der Waals surface area contributed by atoms with E-state index in [1.807, 2.05) is 0 Å². The summed E-state index contributed by atoms with van der Waals surface area (Å²) in [7, 11) is 0. The van der Waals surface area contributed by atoms with Crippen LogP contribution in [0, 0.1) is 0 Å². The summed E-state index contributed by atoms with van der Waals surface area (Å²) in [5.41, 5.74) is -1.59. The topological polar surface area (TPSA) is 80.3 Å². The van der Waals surface area contributed by atoms with Gasteiger partial charge in [0.2, 0.25) is 0 Å². The fourth-order valence-corrected chi connectivity index (χ4v) is 6.50. The molecule has 0 aliphatic carbocycles. The van der Waals surface area contributed by atoms with E-state index in [4.69, 9.17) is 90.2 Å². The van der Waals surface area contributed by atoms with Crippen LogP contribution < -0.4 is 0 Å². The summed E-state index contributed by atoms with van der Waals surface area (Å²) in [6.45, 7) is 3.37. The Labute approximate surface area is 187 Å². The third kappa shape index (κ3) is 13.5. The molecule has 0 heterocycles.